The number of hydrogen-bond donors (Lipinski definition) is 0. The maximum Gasteiger partial charge on any atom is 0.252 e. The number of rotatable bonds is 4. The van der Waals surface area contributed by atoms with Gasteiger partial charge in [-0.3, -0.25) is 0 Å². The lowest BCUT2D eigenvalue weighted by Gasteiger charge is -2.45. The molecular weight excluding hydrogens is 804 g/mol. The van der Waals surface area contributed by atoms with E-state index in [2.05, 4.69) is 243 Å². The molecule has 0 N–H and O–H groups in total. The fourth-order valence-electron chi connectivity index (χ4n) is 10.3. The van der Waals surface area contributed by atoms with E-state index in [-0.39, 0.29) is 23.0 Å². The fraction of sp³-hybridized carbons (Fsp3) is 0.213. The highest BCUT2D eigenvalue weighted by Gasteiger charge is 2.44. The summed E-state index contributed by atoms with van der Waals surface area (Å²) in [7, 11) is 0. The van der Waals surface area contributed by atoms with E-state index in [1.165, 1.54) is 110 Å². The first-order valence-electron chi connectivity index (χ1n) is 23.3. The number of fused-ring (bicyclic) bond motifs is 7. The van der Waals surface area contributed by atoms with Crippen LogP contribution in [0.1, 0.15) is 84.6 Å². The molecule has 2 aliphatic rings. The van der Waals surface area contributed by atoms with Crippen LogP contribution in [0.2, 0.25) is 0 Å². The number of aryl methyl sites for hydroxylation is 1. The molecule has 2 aliphatic heterocycles. The van der Waals surface area contributed by atoms with Crippen LogP contribution >= 0.6 is 11.3 Å². The van der Waals surface area contributed by atoms with Gasteiger partial charge in [0.15, 0.2) is 0 Å². The standard InChI is InChI=1S/C61H57BN2S/c1-38-33-54-58-55(34-38)64(47-28-19-41(20-29-47)42-21-30-49-48-13-11-12-14-56(48)65-57(49)35-42)53-37-45(61(8,9)10)25-32-51(53)62(58)50-31-24-44(60(5,6)7)36-52(50)63(54)46-26-17-40(18-27-46)39-15-22-43(23-16-39)59(2,3)4/h11-37H,1-10H3. The monoisotopic (exact) mass is 860 g/mol. The molecule has 1 aromatic heterocycles. The summed E-state index contributed by atoms with van der Waals surface area (Å²) in [6, 6.07) is 62.8. The number of thiophene rings is 1. The molecule has 0 spiro atoms. The second-order valence-corrected chi connectivity index (χ2v) is 22.7. The van der Waals surface area contributed by atoms with E-state index < -0.39 is 0 Å². The van der Waals surface area contributed by atoms with Crippen molar-refractivity contribution in [2.45, 2.75) is 85.5 Å². The third-order valence-corrected chi connectivity index (χ3v) is 15.1. The Labute approximate surface area is 390 Å². The zero-order chi connectivity index (χ0) is 45.2. The topological polar surface area (TPSA) is 6.48 Å². The van der Waals surface area contributed by atoms with Crippen LogP contribution in [0.5, 0.6) is 0 Å². The van der Waals surface area contributed by atoms with Gasteiger partial charge in [0.2, 0.25) is 0 Å². The molecule has 11 rings (SSSR count). The lowest BCUT2D eigenvalue weighted by molar-refractivity contribution is 0.590. The number of nitrogens with zero attached hydrogens (tertiary/aromatic N) is 2. The Morgan fingerprint density at radius 2 is 0.815 bits per heavy atom. The summed E-state index contributed by atoms with van der Waals surface area (Å²) in [5.41, 5.74) is 21.6. The normalized spacial score (nSPS) is 13.6. The second-order valence-electron chi connectivity index (χ2n) is 21.6. The van der Waals surface area contributed by atoms with Gasteiger partial charge in [-0.05, 0) is 145 Å². The van der Waals surface area contributed by atoms with Crippen molar-refractivity contribution in [1.29, 1.82) is 0 Å². The molecule has 0 unspecified atom stereocenters. The molecule has 0 aliphatic carbocycles. The molecule has 65 heavy (non-hydrogen) atoms. The van der Waals surface area contributed by atoms with Crippen molar-refractivity contribution in [3.05, 3.63) is 186 Å². The van der Waals surface area contributed by atoms with E-state index >= 15 is 0 Å². The minimum absolute atomic E-state index is 0.0134. The Hall–Kier alpha value is -6.36. The molecule has 2 nitrogen and oxygen atoms in total. The largest absolute Gasteiger partial charge is 0.311 e. The average Bonchev–Trinajstić information content (AvgIpc) is 3.66. The number of anilines is 6. The lowest BCUT2D eigenvalue weighted by Crippen LogP contribution is -2.61. The zero-order valence-corrected chi connectivity index (χ0v) is 40.3. The molecule has 0 radical (unpaired) electrons. The van der Waals surface area contributed by atoms with Crippen LogP contribution in [-0.2, 0) is 16.2 Å². The maximum atomic E-state index is 2.56. The van der Waals surface area contributed by atoms with E-state index in [4.69, 9.17) is 0 Å². The van der Waals surface area contributed by atoms with Gasteiger partial charge in [0.05, 0.1) is 0 Å². The quantitative estimate of drug-likeness (QED) is 0.163. The van der Waals surface area contributed by atoms with Crippen molar-refractivity contribution in [3.63, 3.8) is 0 Å². The first kappa shape index (κ1) is 41.4. The highest BCUT2D eigenvalue weighted by Crippen LogP contribution is 2.47. The van der Waals surface area contributed by atoms with E-state index in [1.54, 1.807) is 0 Å². The predicted molar refractivity (Wildman–Crippen MR) is 285 cm³/mol. The highest BCUT2D eigenvalue weighted by molar-refractivity contribution is 7.25. The Balaban J connectivity index is 1.08. The van der Waals surface area contributed by atoms with E-state index in [0.717, 1.165) is 5.69 Å². The van der Waals surface area contributed by atoms with Crippen molar-refractivity contribution in [3.8, 4) is 22.3 Å². The molecule has 8 aromatic carbocycles. The SMILES string of the molecule is Cc1cc2c3c(c1)N(c1ccc(-c4ccc5c(c4)sc4ccccc45)cc1)c1cc(C(C)(C)C)ccc1B3c1ccc(C(C)(C)C)cc1N2c1ccc(-c2ccc(C(C)(C)C)cc2)cc1. The summed E-state index contributed by atoms with van der Waals surface area (Å²) in [5.74, 6) is 0. The Kier molecular flexibility index (Phi) is 9.44. The van der Waals surface area contributed by atoms with Crippen molar-refractivity contribution < 1.29 is 0 Å². The Morgan fingerprint density at radius 1 is 0.385 bits per heavy atom. The second kappa shape index (κ2) is 14.8. The minimum Gasteiger partial charge on any atom is -0.311 e. The van der Waals surface area contributed by atoms with Gasteiger partial charge in [0, 0.05) is 54.3 Å². The van der Waals surface area contributed by atoms with Gasteiger partial charge in [0.1, 0.15) is 0 Å². The van der Waals surface area contributed by atoms with Gasteiger partial charge in [-0.2, -0.15) is 0 Å². The molecule has 4 heteroatoms. The van der Waals surface area contributed by atoms with Crippen molar-refractivity contribution in [2.75, 3.05) is 9.80 Å². The summed E-state index contributed by atoms with van der Waals surface area (Å²) < 4.78 is 2.66. The van der Waals surface area contributed by atoms with Gasteiger partial charge in [-0.25, -0.2) is 0 Å². The first-order valence-corrected chi connectivity index (χ1v) is 24.1. The summed E-state index contributed by atoms with van der Waals surface area (Å²) in [6.07, 6.45) is 0. The smallest absolute Gasteiger partial charge is 0.252 e. The van der Waals surface area contributed by atoms with Crippen molar-refractivity contribution in [2.24, 2.45) is 0 Å². The van der Waals surface area contributed by atoms with Crippen LogP contribution in [0, 0.1) is 6.92 Å². The van der Waals surface area contributed by atoms with E-state index in [0.29, 0.717) is 0 Å². The van der Waals surface area contributed by atoms with Gasteiger partial charge in [0.25, 0.3) is 6.71 Å². The first-order chi connectivity index (χ1) is 31.0. The molecule has 3 heterocycles. The number of hydrogen-bond acceptors (Lipinski definition) is 3. The zero-order valence-electron chi connectivity index (χ0n) is 39.5. The molecule has 320 valence electrons. The van der Waals surface area contributed by atoms with E-state index in [1.807, 2.05) is 11.3 Å². The van der Waals surface area contributed by atoms with Gasteiger partial charge in [-0.15, -0.1) is 11.3 Å². The molecule has 0 amide bonds. The van der Waals surface area contributed by atoms with Gasteiger partial charge < -0.3 is 9.80 Å². The summed E-state index contributed by atoms with van der Waals surface area (Å²) in [6.45, 7) is 23.1. The van der Waals surface area contributed by atoms with Gasteiger partial charge >= 0.3 is 0 Å². The third-order valence-electron chi connectivity index (χ3n) is 14.0. The third kappa shape index (κ3) is 7.00. The van der Waals surface area contributed by atoms with Crippen LogP contribution in [0.3, 0.4) is 0 Å². The van der Waals surface area contributed by atoms with Crippen LogP contribution in [0.4, 0.5) is 34.1 Å². The van der Waals surface area contributed by atoms with Crippen molar-refractivity contribution >= 4 is 88.7 Å². The van der Waals surface area contributed by atoms with Crippen LogP contribution in [-0.4, -0.2) is 6.71 Å². The highest BCUT2D eigenvalue weighted by atomic mass is 32.1. The van der Waals surface area contributed by atoms with Crippen LogP contribution < -0.4 is 26.2 Å². The van der Waals surface area contributed by atoms with E-state index in [9.17, 15) is 0 Å². The fourth-order valence-corrected chi connectivity index (χ4v) is 11.4. The Bertz CT molecular complexity index is 3320. The maximum absolute atomic E-state index is 2.56. The summed E-state index contributed by atoms with van der Waals surface area (Å²) in [5, 5.41) is 2.67. The average molecular weight is 861 g/mol. The molecular formula is C61H57BN2S. The summed E-state index contributed by atoms with van der Waals surface area (Å²) >= 11 is 1.88. The van der Waals surface area contributed by atoms with Gasteiger partial charge in [-0.1, -0.05) is 165 Å². The molecule has 0 saturated heterocycles. The molecule has 0 fully saturated rings. The molecule has 0 saturated carbocycles. The molecule has 0 bridgehead atoms. The Morgan fingerprint density at radius 3 is 1.32 bits per heavy atom. The van der Waals surface area contributed by atoms with Crippen molar-refractivity contribution in [1.82, 2.24) is 0 Å². The minimum atomic E-state index is -0.0164. The summed E-state index contributed by atoms with van der Waals surface area (Å²) in [4.78, 5) is 5.11. The predicted octanol–water partition coefficient (Wildman–Crippen LogP) is 15.7. The van der Waals surface area contributed by atoms with Crippen LogP contribution in [0.25, 0.3) is 42.4 Å². The molecule has 0 atom stereocenters. The lowest BCUT2D eigenvalue weighted by atomic mass is 9.33. The van der Waals surface area contributed by atoms with Crippen LogP contribution in [0.15, 0.2) is 164 Å². The number of benzene rings is 8. The molecule has 9 aromatic rings.